The van der Waals surface area contributed by atoms with Crippen molar-refractivity contribution < 1.29 is 16.8 Å². The molecule has 1 aromatic rings. The van der Waals surface area contributed by atoms with Crippen LogP contribution in [-0.4, -0.2) is 70.5 Å². The Morgan fingerprint density at radius 2 is 1.69 bits per heavy atom. The van der Waals surface area contributed by atoms with Crippen molar-refractivity contribution in [2.24, 2.45) is 5.92 Å². The van der Waals surface area contributed by atoms with Gasteiger partial charge < -0.3 is 5.32 Å². The molecular weight excluding hydrogens is 398 g/mol. The Labute approximate surface area is 161 Å². The van der Waals surface area contributed by atoms with Gasteiger partial charge in [0.05, 0.1) is 10.6 Å². The van der Waals surface area contributed by atoms with Crippen LogP contribution < -0.4 is 5.32 Å². The number of hydrogen-bond acceptors (Lipinski definition) is 5. The van der Waals surface area contributed by atoms with Crippen molar-refractivity contribution in [2.75, 3.05) is 45.0 Å². The minimum atomic E-state index is -3.79. The monoisotopic (exact) mass is 423 g/mol. The lowest BCUT2D eigenvalue weighted by Gasteiger charge is -2.28. The lowest BCUT2D eigenvalue weighted by Crippen LogP contribution is -2.48. The van der Waals surface area contributed by atoms with Crippen LogP contribution in [0, 0.1) is 5.92 Å². The summed E-state index contributed by atoms with van der Waals surface area (Å²) in [6.07, 6.45) is 0. The van der Waals surface area contributed by atoms with Crippen molar-refractivity contribution in [3.05, 3.63) is 29.3 Å². The quantitative estimate of drug-likeness (QED) is 0.679. The first-order valence-corrected chi connectivity index (χ1v) is 12.0. The maximum absolute atomic E-state index is 12.9. The van der Waals surface area contributed by atoms with E-state index in [0.717, 1.165) is 0 Å². The van der Waals surface area contributed by atoms with Gasteiger partial charge in [-0.25, -0.2) is 16.8 Å². The molecule has 2 rings (SSSR count). The van der Waals surface area contributed by atoms with E-state index >= 15 is 0 Å². The fourth-order valence-corrected chi connectivity index (χ4v) is 6.04. The molecule has 0 radical (unpaired) electrons. The summed E-state index contributed by atoms with van der Waals surface area (Å²) in [6, 6.07) is 5.91. The van der Waals surface area contributed by atoms with E-state index < -0.39 is 20.0 Å². The number of sulfonamides is 2. The van der Waals surface area contributed by atoms with Gasteiger partial charge in [0.15, 0.2) is 0 Å². The van der Waals surface area contributed by atoms with Gasteiger partial charge in [-0.15, -0.1) is 0 Å². The third-order valence-corrected chi connectivity index (χ3v) is 8.07. The molecule has 0 atom stereocenters. The number of rotatable bonds is 8. The van der Waals surface area contributed by atoms with E-state index in [1.54, 1.807) is 0 Å². The Balaban J connectivity index is 2.17. The van der Waals surface area contributed by atoms with Crippen molar-refractivity contribution in [3.63, 3.8) is 0 Å². The fourth-order valence-electron chi connectivity index (χ4n) is 2.74. The van der Waals surface area contributed by atoms with Gasteiger partial charge in [0.25, 0.3) is 0 Å². The summed E-state index contributed by atoms with van der Waals surface area (Å²) >= 11 is 5.83. The van der Waals surface area contributed by atoms with E-state index in [1.165, 1.54) is 32.9 Å². The molecule has 1 N–H and O–H groups in total. The third-order valence-electron chi connectivity index (χ3n) is 4.09. The van der Waals surface area contributed by atoms with Crippen molar-refractivity contribution in [2.45, 2.75) is 18.7 Å². The highest BCUT2D eigenvalue weighted by Gasteiger charge is 2.29. The van der Waals surface area contributed by atoms with E-state index in [9.17, 15) is 16.8 Å². The SMILES string of the molecule is CC(C)CN(CCS(=O)(=O)N1CCNCC1)S(=O)(=O)c1ccc(Cl)cc1. The van der Waals surface area contributed by atoms with Crippen molar-refractivity contribution >= 4 is 31.6 Å². The van der Waals surface area contributed by atoms with Crippen molar-refractivity contribution in [1.29, 1.82) is 0 Å². The molecule has 1 aliphatic heterocycles. The van der Waals surface area contributed by atoms with E-state index in [1.807, 2.05) is 13.8 Å². The molecule has 1 aliphatic rings. The van der Waals surface area contributed by atoms with E-state index in [0.29, 0.717) is 31.2 Å². The van der Waals surface area contributed by atoms with Crippen LogP contribution in [0.4, 0.5) is 0 Å². The highest BCUT2D eigenvalue weighted by atomic mass is 35.5. The van der Waals surface area contributed by atoms with Gasteiger partial charge in [-0.1, -0.05) is 25.4 Å². The van der Waals surface area contributed by atoms with Gasteiger partial charge in [-0.05, 0) is 30.2 Å². The zero-order valence-corrected chi connectivity index (χ0v) is 17.4. The van der Waals surface area contributed by atoms with Gasteiger partial charge in [0.2, 0.25) is 20.0 Å². The lowest BCUT2D eigenvalue weighted by molar-refractivity contribution is 0.351. The predicted molar refractivity (Wildman–Crippen MR) is 103 cm³/mol. The van der Waals surface area contributed by atoms with E-state index in [4.69, 9.17) is 11.6 Å². The molecule has 0 amide bonds. The summed E-state index contributed by atoms with van der Waals surface area (Å²) in [5.41, 5.74) is 0. The summed E-state index contributed by atoms with van der Waals surface area (Å²) in [4.78, 5) is 0.113. The Morgan fingerprint density at radius 3 is 2.23 bits per heavy atom. The molecule has 0 unspecified atom stereocenters. The zero-order chi connectivity index (χ0) is 19.4. The first-order chi connectivity index (χ1) is 12.1. The molecule has 0 spiro atoms. The average Bonchev–Trinajstić information content (AvgIpc) is 2.59. The highest BCUT2D eigenvalue weighted by Crippen LogP contribution is 2.20. The van der Waals surface area contributed by atoms with Crippen LogP contribution in [0.2, 0.25) is 5.02 Å². The molecule has 26 heavy (non-hydrogen) atoms. The largest absolute Gasteiger partial charge is 0.314 e. The maximum atomic E-state index is 12.9. The first kappa shape index (κ1) is 21.6. The molecule has 148 valence electrons. The Morgan fingerprint density at radius 1 is 1.12 bits per heavy atom. The third kappa shape index (κ3) is 5.64. The van der Waals surface area contributed by atoms with Crippen LogP contribution in [0.15, 0.2) is 29.2 Å². The molecule has 1 aromatic carbocycles. The topological polar surface area (TPSA) is 86.8 Å². The van der Waals surface area contributed by atoms with E-state index in [-0.39, 0.29) is 29.7 Å². The van der Waals surface area contributed by atoms with Gasteiger partial charge >= 0.3 is 0 Å². The Kier molecular flexibility index (Phi) is 7.46. The molecule has 7 nitrogen and oxygen atoms in total. The van der Waals surface area contributed by atoms with Gasteiger partial charge in [0.1, 0.15) is 0 Å². The van der Waals surface area contributed by atoms with Crippen LogP contribution in [0.3, 0.4) is 0 Å². The number of piperazine rings is 1. The second-order valence-corrected chi connectivity index (χ2v) is 11.1. The summed E-state index contributed by atoms with van der Waals surface area (Å²) in [7, 11) is -7.28. The van der Waals surface area contributed by atoms with Gasteiger partial charge in [-0.2, -0.15) is 8.61 Å². The van der Waals surface area contributed by atoms with Gasteiger partial charge in [-0.3, -0.25) is 0 Å². The first-order valence-electron chi connectivity index (χ1n) is 8.57. The molecule has 0 bridgehead atoms. The number of halogens is 1. The number of hydrogen-bond donors (Lipinski definition) is 1. The van der Waals surface area contributed by atoms with Crippen LogP contribution >= 0.6 is 11.6 Å². The summed E-state index contributed by atoms with van der Waals surface area (Å²) in [5.74, 6) is -0.161. The number of benzene rings is 1. The molecule has 1 saturated heterocycles. The second-order valence-electron chi connectivity index (χ2n) is 6.68. The zero-order valence-electron chi connectivity index (χ0n) is 15.1. The molecule has 10 heteroatoms. The second kappa shape index (κ2) is 8.99. The number of nitrogens with zero attached hydrogens (tertiary/aromatic N) is 2. The number of nitrogens with one attached hydrogen (secondary N) is 1. The van der Waals surface area contributed by atoms with Crippen molar-refractivity contribution in [3.8, 4) is 0 Å². The normalized spacial score (nSPS) is 17.1. The van der Waals surface area contributed by atoms with E-state index in [2.05, 4.69) is 5.32 Å². The van der Waals surface area contributed by atoms with Gasteiger partial charge in [0, 0.05) is 44.3 Å². The molecule has 0 saturated carbocycles. The van der Waals surface area contributed by atoms with Crippen LogP contribution in [-0.2, 0) is 20.0 Å². The lowest BCUT2D eigenvalue weighted by atomic mass is 10.2. The van der Waals surface area contributed by atoms with Crippen LogP contribution in [0.1, 0.15) is 13.8 Å². The minimum Gasteiger partial charge on any atom is -0.314 e. The molecular formula is C16H26ClN3O4S2. The summed E-state index contributed by atoms with van der Waals surface area (Å²) in [5, 5.41) is 3.55. The average molecular weight is 424 g/mol. The smallest absolute Gasteiger partial charge is 0.243 e. The standard InChI is InChI=1S/C16H26ClN3O4S2/c1-14(2)13-20(26(23,24)16-5-3-15(17)4-6-16)11-12-25(21,22)19-9-7-18-8-10-19/h3-6,14,18H,7-13H2,1-2H3. The maximum Gasteiger partial charge on any atom is 0.243 e. The van der Waals surface area contributed by atoms with Crippen molar-refractivity contribution in [1.82, 2.24) is 13.9 Å². The molecule has 0 aliphatic carbocycles. The van der Waals surface area contributed by atoms with Crippen LogP contribution in [0.5, 0.6) is 0 Å². The molecule has 1 fully saturated rings. The summed E-state index contributed by atoms with van der Waals surface area (Å²) in [6.45, 7) is 6.02. The predicted octanol–water partition coefficient (Wildman–Crippen LogP) is 1.22. The Hall–Kier alpha value is -0.710. The Bertz CT molecular complexity index is 789. The minimum absolute atomic E-state index is 0.0685. The fraction of sp³-hybridized carbons (Fsp3) is 0.625. The summed E-state index contributed by atoms with van der Waals surface area (Å²) < 4.78 is 53.6. The molecule has 0 aromatic heterocycles. The molecule has 1 heterocycles. The highest BCUT2D eigenvalue weighted by molar-refractivity contribution is 7.90. The van der Waals surface area contributed by atoms with Crippen LogP contribution in [0.25, 0.3) is 0 Å².